The van der Waals surface area contributed by atoms with Crippen LogP contribution in [0.1, 0.15) is 25.8 Å². The van der Waals surface area contributed by atoms with Crippen molar-refractivity contribution in [2.75, 3.05) is 5.75 Å². The molecule has 0 saturated heterocycles. The molecule has 0 aliphatic rings. The van der Waals surface area contributed by atoms with Gasteiger partial charge in [0.05, 0.1) is 6.04 Å². The van der Waals surface area contributed by atoms with E-state index in [-0.39, 0.29) is 18.1 Å². The number of carboxylic acids is 1. The zero-order valence-corrected chi connectivity index (χ0v) is 15.9. The van der Waals surface area contributed by atoms with Crippen LogP contribution in [0.3, 0.4) is 0 Å². The second kappa shape index (κ2) is 10.8. The van der Waals surface area contributed by atoms with E-state index in [1.165, 1.54) is 0 Å². The molecule has 0 aliphatic carbocycles. The third kappa shape index (κ3) is 7.45. The minimum atomic E-state index is -1.11. The third-order valence-electron chi connectivity index (χ3n) is 3.77. The molecule has 0 radical (unpaired) electrons. The zero-order chi connectivity index (χ0) is 19.7. The van der Waals surface area contributed by atoms with Gasteiger partial charge in [-0.25, -0.2) is 4.79 Å². The number of hydrogen-bond acceptors (Lipinski definition) is 5. The first-order valence-electron chi connectivity index (χ1n) is 8.48. The fourth-order valence-electron chi connectivity index (χ4n) is 2.39. The molecular weight excluding hydrogens is 354 g/mol. The number of thiol groups is 1. The number of carbonyl (C=O) groups is 3. The Balaban J connectivity index is 2.92. The Labute approximate surface area is 159 Å². The molecule has 144 valence electrons. The van der Waals surface area contributed by atoms with Gasteiger partial charge in [0.1, 0.15) is 12.1 Å². The van der Waals surface area contributed by atoms with Crippen LogP contribution in [0.15, 0.2) is 30.3 Å². The van der Waals surface area contributed by atoms with Gasteiger partial charge in [0.2, 0.25) is 11.8 Å². The number of rotatable bonds is 10. The molecule has 0 aliphatic heterocycles. The van der Waals surface area contributed by atoms with Crippen molar-refractivity contribution in [3.8, 4) is 0 Å². The Morgan fingerprint density at radius 3 is 2.15 bits per heavy atom. The quantitative estimate of drug-likeness (QED) is 0.380. The topological polar surface area (TPSA) is 122 Å². The van der Waals surface area contributed by atoms with Crippen LogP contribution in [-0.2, 0) is 20.8 Å². The largest absolute Gasteiger partial charge is 0.480 e. The lowest BCUT2D eigenvalue weighted by Crippen LogP contribution is -2.55. The van der Waals surface area contributed by atoms with Crippen molar-refractivity contribution in [2.45, 2.75) is 44.8 Å². The Hall–Kier alpha value is -2.06. The lowest BCUT2D eigenvalue weighted by Gasteiger charge is -2.23. The molecule has 26 heavy (non-hydrogen) atoms. The number of benzene rings is 1. The number of amides is 2. The number of nitrogens with two attached hydrogens (primary N) is 1. The van der Waals surface area contributed by atoms with Gasteiger partial charge in [-0.2, -0.15) is 12.6 Å². The average Bonchev–Trinajstić information content (AvgIpc) is 2.60. The maximum absolute atomic E-state index is 12.6. The lowest BCUT2D eigenvalue weighted by atomic mass is 10.0. The van der Waals surface area contributed by atoms with Crippen molar-refractivity contribution in [1.29, 1.82) is 0 Å². The number of carbonyl (C=O) groups excluding carboxylic acids is 2. The van der Waals surface area contributed by atoms with Gasteiger partial charge < -0.3 is 21.5 Å². The van der Waals surface area contributed by atoms with Crippen molar-refractivity contribution < 1.29 is 19.5 Å². The van der Waals surface area contributed by atoms with Crippen LogP contribution in [0, 0.1) is 5.92 Å². The second-order valence-corrected chi connectivity index (χ2v) is 6.93. The summed E-state index contributed by atoms with van der Waals surface area (Å²) in [5.41, 5.74) is 6.50. The molecule has 1 rings (SSSR count). The SMILES string of the molecule is CC(C)CC(NC(=O)C(Cc1ccccc1)NC(=O)C(N)CS)C(=O)O. The molecule has 0 bridgehead atoms. The summed E-state index contributed by atoms with van der Waals surface area (Å²) in [6.45, 7) is 3.74. The molecule has 8 heteroatoms. The van der Waals surface area contributed by atoms with Crippen LogP contribution < -0.4 is 16.4 Å². The molecule has 0 heterocycles. The molecule has 1 aromatic carbocycles. The van der Waals surface area contributed by atoms with E-state index >= 15 is 0 Å². The molecule has 2 amide bonds. The Morgan fingerprint density at radius 1 is 1.08 bits per heavy atom. The van der Waals surface area contributed by atoms with Crippen LogP contribution >= 0.6 is 12.6 Å². The Morgan fingerprint density at radius 2 is 1.65 bits per heavy atom. The van der Waals surface area contributed by atoms with Gasteiger partial charge in [-0.3, -0.25) is 9.59 Å². The monoisotopic (exact) mass is 381 g/mol. The van der Waals surface area contributed by atoms with Gasteiger partial charge in [-0.05, 0) is 17.9 Å². The fraction of sp³-hybridized carbons (Fsp3) is 0.500. The maximum Gasteiger partial charge on any atom is 0.326 e. The summed E-state index contributed by atoms with van der Waals surface area (Å²) in [6.07, 6.45) is 0.523. The molecule has 0 aromatic heterocycles. The number of nitrogens with one attached hydrogen (secondary N) is 2. The molecule has 0 spiro atoms. The average molecular weight is 381 g/mol. The van der Waals surface area contributed by atoms with E-state index < -0.39 is 35.9 Å². The Kier molecular flexibility index (Phi) is 9.15. The van der Waals surface area contributed by atoms with E-state index in [1.807, 2.05) is 44.2 Å². The smallest absolute Gasteiger partial charge is 0.326 e. The van der Waals surface area contributed by atoms with Crippen LogP contribution in [-0.4, -0.2) is 46.8 Å². The highest BCUT2D eigenvalue weighted by atomic mass is 32.1. The Bertz CT molecular complexity index is 610. The normalized spacial score (nSPS) is 14.3. The molecule has 0 fully saturated rings. The van der Waals surface area contributed by atoms with Crippen molar-refractivity contribution in [3.63, 3.8) is 0 Å². The first-order chi connectivity index (χ1) is 12.2. The minimum Gasteiger partial charge on any atom is -0.480 e. The summed E-state index contributed by atoms with van der Waals surface area (Å²) in [5.74, 6) is -1.94. The number of aliphatic carboxylic acids is 1. The van der Waals surface area contributed by atoms with Gasteiger partial charge >= 0.3 is 5.97 Å². The van der Waals surface area contributed by atoms with E-state index in [1.54, 1.807) is 0 Å². The highest BCUT2D eigenvalue weighted by Crippen LogP contribution is 2.08. The number of hydrogen-bond donors (Lipinski definition) is 5. The third-order valence-corrected chi connectivity index (χ3v) is 4.16. The zero-order valence-electron chi connectivity index (χ0n) is 15.0. The minimum absolute atomic E-state index is 0.0937. The first kappa shape index (κ1) is 22.0. The summed E-state index contributed by atoms with van der Waals surface area (Å²) in [5, 5.41) is 14.4. The van der Waals surface area contributed by atoms with Crippen molar-refractivity contribution in [1.82, 2.24) is 10.6 Å². The molecular formula is C18H27N3O4S. The summed E-state index contributed by atoms with van der Waals surface area (Å²) in [7, 11) is 0. The fourth-order valence-corrected chi connectivity index (χ4v) is 2.55. The van der Waals surface area contributed by atoms with Gasteiger partial charge in [0.25, 0.3) is 0 Å². The summed E-state index contributed by atoms with van der Waals surface area (Å²) >= 11 is 3.98. The van der Waals surface area contributed by atoms with Crippen LogP contribution in [0.5, 0.6) is 0 Å². The second-order valence-electron chi connectivity index (χ2n) is 6.57. The van der Waals surface area contributed by atoms with Gasteiger partial charge in [0, 0.05) is 12.2 Å². The first-order valence-corrected chi connectivity index (χ1v) is 9.11. The summed E-state index contributed by atoms with van der Waals surface area (Å²) in [4.78, 5) is 36.1. The molecule has 7 nitrogen and oxygen atoms in total. The molecule has 3 unspecified atom stereocenters. The highest BCUT2D eigenvalue weighted by Gasteiger charge is 2.28. The van der Waals surface area contributed by atoms with Crippen molar-refractivity contribution in [2.24, 2.45) is 11.7 Å². The number of carboxylic acid groups (broad SMARTS) is 1. The van der Waals surface area contributed by atoms with E-state index in [4.69, 9.17) is 5.73 Å². The van der Waals surface area contributed by atoms with Gasteiger partial charge in [-0.15, -0.1) is 0 Å². The van der Waals surface area contributed by atoms with Crippen LogP contribution in [0.25, 0.3) is 0 Å². The van der Waals surface area contributed by atoms with Gasteiger partial charge in [-0.1, -0.05) is 44.2 Å². The van der Waals surface area contributed by atoms with Gasteiger partial charge in [0.15, 0.2) is 0 Å². The van der Waals surface area contributed by atoms with Crippen molar-refractivity contribution in [3.05, 3.63) is 35.9 Å². The van der Waals surface area contributed by atoms with E-state index in [0.29, 0.717) is 6.42 Å². The standard InChI is InChI=1S/C18H27N3O4S/c1-11(2)8-15(18(24)25)21-17(23)14(20-16(22)13(19)10-26)9-12-6-4-3-5-7-12/h3-7,11,13-15,26H,8-10,19H2,1-2H3,(H,20,22)(H,21,23)(H,24,25). The maximum atomic E-state index is 12.6. The predicted octanol–water partition coefficient (Wildman–Crippen LogP) is 0.587. The molecule has 0 saturated carbocycles. The molecule has 1 aromatic rings. The summed E-state index contributed by atoms with van der Waals surface area (Å²) in [6, 6.07) is 6.35. The van der Waals surface area contributed by atoms with E-state index in [0.717, 1.165) is 5.56 Å². The molecule has 5 N–H and O–H groups in total. The predicted molar refractivity (Wildman–Crippen MR) is 103 cm³/mol. The van der Waals surface area contributed by atoms with E-state index in [2.05, 4.69) is 23.3 Å². The van der Waals surface area contributed by atoms with Crippen LogP contribution in [0.4, 0.5) is 0 Å². The van der Waals surface area contributed by atoms with E-state index in [9.17, 15) is 19.5 Å². The van der Waals surface area contributed by atoms with Crippen LogP contribution in [0.2, 0.25) is 0 Å². The lowest BCUT2D eigenvalue weighted by molar-refractivity contribution is -0.142. The molecule has 3 atom stereocenters. The van der Waals surface area contributed by atoms with Crippen molar-refractivity contribution >= 4 is 30.4 Å². The highest BCUT2D eigenvalue weighted by molar-refractivity contribution is 7.80. The summed E-state index contributed by atoms with van der Waals surface area (Å²) < 4.78 is 0.